The van der Waals surface area contributed by atoms with Gasteiger partial charge in [0.1, 0.15) is 5.76 Å². The van der Waals surface area contributed by atoms with Crippen LogP contribution in [0.4, 0.5) is 0 Å². The van der Waals surface area contributed by atoms with E-state index in [0.29, 0.717) is 19.1 Å². The summed E-state index contributed by atoms with van der Waals surface area (Å²) < 4.78 is 27.6. The molecule has 1 aliphatic carbocycles. The maximum atomic E-state index is 12.1. The van der Waals surface area contributed by atoms with Gasteiger partial charge in [0.25, 0.3) is 0 Å². The number of allylic oxidation sites excluding steroid dienone is 2. The van der Waals surface area contributed by atoms with Crippen LogP contribution in [0.1, 0.15) is 40.0 Å². The zero-order chi connectivity index (χ0) is 12.0. The second-order valence-electron chi connectivity index (χ2n) is 3.88. The third-order valence-electron chi connectivity index (χ3n) is 2.36. The van der Waals surface area contributed by atoms with E-state index < -0.39 is 7.82 Å². The fourth-order valence-electron chi connectivity index (χ4n) is 1.71. The molecule has 0 amide bonds. The molecule has 0 aromatic rings. The average Bonchev–Trinajstić information content (AvgIpc) is 2.17. The van der Waals surface area contributed by atoms with Gasteiger partial charge in [0.05, 0.1) is 13.2 Å². The van der Waals surface area contributed by atoms with Crippen molar-refractivity contribution in [3.05, 3.63) is 11.8 Å². The Morgan fingerprint density at radius 2 is 2.00 bits per heavy atom. The highest BCUT2D eigenvalue weighted by Crippen LogP contribution is 2.52. The van der Waals surface area contributed by atoms with Crippen LogP contribution in [0.2, 0.25) is 0 Å². The molecular formula is C11H21O4P. The van der Waals surface area contributed by atoms with Gasteiger partial charge in [-0.3, -0.25) is 9.05 Å². The van der Waals surface area contributed by atoms with Crippen LogP contribution in [-0.4, -0.2) is 13.2 Å². The SMILES string of the molecule is CCOP(=O)(OCC)OC1=C[C@H](C)CCC1. The molecule has 0 spiro atoms. The molecule has 0 fully saturated rings. The molecule has 0 aliphatic heterocycles. The van der Waals surface area contributed by atoms with Crippen molar-refractivity contribution in [3.8, 4) is 0 Å². The van der Waals surface area contributed by atoms with Crippen LogP contribution in [0.3, 0.4) is 0 Å². The molecule has 16 heavy (non-hydrogen) atoms. The summed E-state index contributed by atoms with van der Waals surface area (Å²) in [6.45, 7) is 6.30. The van der Waals surface area contributed by atoms with Crippen LogP contribution in [0.15, 0.2) is 11.8 Å². The Morgan fingerprint density at radius 1 is 1.38 bits per heavy atom. The molecular weight excluding hydrogens is 227 g/mol. The van der Waals surface area contributed by atoms with Crippen molar-refractivity contribution in [2.45, 2.75) is 40.0 Å². The van der Waals surface area contributed by atoms with E-state index in [4.69, 9.17) is 13.6 Å². The van der Waals surface area contributed by atoms with Gasteiger partial charge in [-0.05, 0) is 38.7 Å². The third-order valence-corrected chi connectivity index (χ3v) is 3.96. The highest BCUT2D eigenvalue weighted by Gasteiger charge is 2.29. The molecule has 0 saturated heterocycles. The first-order valence-electron chi connectivity index (χ1n) is 5.89. The van der Waals surface area contributed by atoms with Gasteiger partial charge in [0, 0.05) is 6.42 Å². The van der Waals surface area contributed by atoms with Gasteiger partial charge >= 0.3 is 7.82 Å². The van der Waals surface area contributed by atoms with Crippen molar-refractivity contribution in [1.82, 2.24) is 0 Å². The van der Waals surface area contributed by atoms with Gasteiger partial charge in [-0.15, -0.1) is 0 Å². The minimum atomic E-state index is -3.38. The highest BCUT2D eigenvalue weighted by atomic mass is 31.2. The lowest BCUT2D eigenvalue weighted by Crippen LogP contribution is -2.05. The standard InChI is InChI=1S/C11H21O4P/c1-4-13-16(12,14-5-2)15-11-8-6-7-10(3)9-11/h9-10H,4-8H2,1-3H3/t10-/m1/s1. The van der Waals surface area contributed by atoms with E-state index in [1.54, 1.807) is 13.8 Å². The Balaban J connectivity index is 2.64. The Labute approximate surface area is 97.6 Å². The molecule has 5 heteroatoms. The number of hydrogen-bond donors (Lipinski definition) is 0. The van der Waals surface area contributed by atoms with Gasteiger partial charge in [0.15, 0.2) is 0 Å². The van der Waals surface area contributed by atoms with E-state index in [-0.39, 0.29) is 0 Å². The van der Waals surface area contributed by atoms with E-state index in [9.17, 15) is 4.57 Å². The summed E-state index contributed by atoms with van der Waals surface area (Å²) in [5.41, 5.74) is 0. The summed E-state index contributed by atoms with van der Waals surface area (Å²) in [6.07, 6.45) is 5.04. The molecule has 1 rings (SSSR count). The van der Waals surface area contributed by atoms with E-state index in [0.717, 1.165) is 25.0 Å². The van der Waals surface area contributed by atoms with Crippen molar-refractivity contribution in [2.24, 2.45) is 5.92 Å². The molecule has 0 N–H and O–H groups in total. The van der Waals surface area contributed by atoms with Gasteiger partial charge < -0.3 is 4.52 Å². The van der Waals surface area contributed by atoms with Crippen molar-refractivity contribution < 1.29 is 18.1 Å². The summed E-state index contributed by atoms with van der Waals surface area (Å²) in [5, 5.41) is 0. The summed E-state index contributed by atoms with van der Waals surface area (Å²) in [5.74, 6) is 1.21. The Bertz CT molecular complexity index is 278. The predicted molar refractivity (Wildman–Crippen MR) is 63.0 cm³/mol. The minimum Gasteiger partial charge on any atom is -0.409 e. The van der Waals surface area contributed by atoms with Crippen LogP contribution < -0.4 is 0 Å². The van der Waals surface area contributed by atoms with Crippen LogP contribution in [0, 0.1) is 5.92 Å². The van der Waals surface area contributed by atoms with Crippen LogP contribution in [0.25, 0.3) is 0 Å². The van der Waals surface area contributed by atoms with E-state index >= 15 is 0 Å². The maximum Gasteiger partial charge on any atom is 0.529 e. The van der Waals surface area contributed by atoms with Crippen molar-refractivity contribution in [3.63, 3.8) is 0 Å². The zero-order valence-electron chi connectivity index (χ0n) is 10.3. The largest absolute Gasteiger partial charge is 0.529 e. The second-order valence-corrected chi connectivity index (χ2v) is 5.47. The summed E-state index contributed by atoms with van der Waals surface area (Å²) >= 11 is 0. The first-order valence-corrected chi connectivity index (χ1v) is 7.35. The molecule has 0 unspecified atom stereocenters. The second kappa shape index (κ2) is 6.43. The molecule has 1 aliphatic rings. The Hall–Kier alpha value is -0.310. The number of rotatable bonds is 6. The number of phosphoric ester groups is 1. The molecule has 1 atom stereocenters. The molecule has 0 heterocycles. The molecule has 4 nitrogen and oxygen atoms in total. The maximum absolute atomic E-state index is 12.1. The Kier molecular flexibility index (Phi) is 5.53. The monoisotopic (exact) mass is 248 g/mol. The lowest BCUT2D eigenvalue weighted by molar-refractivity contribution is 0.141. The fraction of sp³-hybridized carbons (Fsp3) is 0.818. The van der Waals surface area contributed by atoms with E-state index in [1.807, 2.05) is 6.08 Å². The number of phosphoric acid groups is 1. The quantitative estimate of drug-likeness (QED) is 0.669. The Morgan fingerprint density at radius 3 is 2.50 bits per heavy atom. The van der Waals surface area contributed by atoms with Crippen LogP contribution >= 0.6 is 7.82 Å². The zero-order valence-corrected chi connectivity index (χ0v) is 11.2. The van der Waals surface area contributed by atoms with Gasteiger partial charge in [0.2, 0.25) is 0 Å². The average molecular weight is 248 g/mol. The molecule has 94 valence electrons. The topological polar surface area (TPSA) is 44.8 Å². The van der Waals surface area contributed by atoms with Crippen LogP contribution in [0.5, 0.6) is 0 Å². The first kappa shape index (κ1) is 13.8. The normalized spacial score (nSPS) is 21.7. The van der Waals surface area contributed by atoms with E-state index in [1.165, 1.54) is 0 Å². The lowest BCUT2D eigenvalue weighted by Gasteiger charge is -2.22. The molecule has 0 saturated carbocycles. The molecule has 0 aromatic heterocycles. The number of hydrogen-bond acceptors (Lipinski definition) is 4. The summed E-state index contributed by atoms with van der Waals surface area (Å²) in [6, 6.07) is 0. The van der Waals surface area contributed by atoms with Gasteiger partial charge in [-0.2, -0.15) is 0 Å². The van der Waals surface area contributed by atoms with Crippen molar-refractivity contribution in [2.75, 3.05) is 13.2 Å². The first-order chi connectivity index (χ1) is 7.59. The van der Waals surface area contributed by atoms with E-state index in [2.05, 4.69) is 6.92 Å². The summed E-state index contributed by atoms with van der Waals surface area (Å²) in [4.78, 5) is 0. The smallest absolute Gasteiger partial charge is 0.409 e. The molecule has 0 bridgehead atoms. The lowest BCUT2D eigenvalue weighted by atomic mass is 9.97. The van der Waals surface area contributed by atoms with Gasteiger partial charge in [-0.25, -0.2) is 4.57 Å². The van der Waals surface area contributed by atoms with Crippen LogP contribution in [-0.2, 0) is 18.1 Å². The molecule has 0 radical (unpaired) electrons. The molecule has 0 aromatic carbocycles. The van der Waals surface area contributed by atoms with Gasteiger partial charge in [-0.1, -0.05) is 6.92 Å². The highest BCUT2D eigenvalue weighted by molar-refractivity contribution is 7.48. The third kappa shape index (κ3) is 4.28. The minimum absolute atomic E-state index is 0.320. The van der Waals surface area contributed by atoms with Crippen molar-refractivity contribution in [1.29, 1.82) is 0 Å². The fourth-order valence-corrected chi connectivity index (χ4v) is 2.96. The van der Waals surface area contributed by atoms with Crippen molar-refractivity contribution >= 4 is 7.82 Å². The summed E-state index contributed by atoms with van der Waals surface area (Å²) in [7, 11) is -3.38. The predicted octanol–water partition coefficient (Wildman–Crippen LogP) is 3.89.